The highest BCUT2D eigenvalue weighted by Crippen LogP contribution is 2.35. The quantitative estimate of drug-likeness (QED) is 0.794. The van der Waals surface area contributed by atoms with Gasteiger partial charge in [0.05, 0.1) is 12.0 Å². The van der Waals surface area contributed by atoms with Crippen molar-refractivity contribution < 1.29 is 14.7 Å². The summed E-state index contributed by atoms with van der Waals surface area (Å²) in [7, 11) is 0. The fourth-order valence-corrected chi connectivity index (χ4v) is 2.40. The van der Waals surface area contributed by atoms with Gasteiger partial charge in [-0.25, -0.2) is 4.79 Å². The van der Waals surface area contributed by atoms with Crippen LogP contribution in [0.15, 0.2) is 24.3 Å². The minimum Gasteiger partial charge on any atom is -0.481 e. The van der Waals surface area contributed by atoms with Crippen LogP contribution in [0.4, 0.5) is 10.5 Å². The van der Waals surface area contributed by atoms with Crippen LogP contribution in [0.1, 0.15) is 25.7 Å². The van der Waals surface area contributed by atoms with Crippen LogP contribution in [0, 0.1) is 0 Å². The van der Waals surface area contributed by atoms with Crippen LogP contribution >= 0.6 is 11.6 Å². The molecule has 5 nitrogen and oxygen atoms in total. The molecule has 1 aromatic rings. The first-order valence-corrected chi connectivity index (χ1v) is 6.43. The lowest BCUT2D eigenvalue weighted by Gasteiger charge is -2.41. The van der Waals surface area contributed by atoms with Crippen LogP contribution in [-0.4, -0.2) is 22.6 Å². The molecular formula is C13H15ClN2O3. The number of anilines is 1. The standard InChI is InChI=1S/C13H15ClN2O3/c14-9-3-1-4-10(7-9)15-12(19)16-13(5-2-6-13)8-11(17)18/h1,3-4,7H,2,5-6,8H2,(H,17,18)(H2,15,16,19). The van der Waals surface area contributed by atoms with Gasteiger partial charge in [0, 0.05) is 10.7 Å². The summed E-state index contributed by atoms with van der Waals surface area (Å²) >= 11 is 5.82. The van der Waals surface area contributed by atoms with Crippen molar-refractivity contribution in [3.63, 3.8) is 0 Å². The molecule has 6 heteroatoms. The van der Waals surface area contributed by atoms with Crippen LogP contribution in [0.3, 0.4) is 0 Å². The number of aliphatic carboxylic acids is 1. The third-order valence-corrected chi connectivity index (χ3v) is 3.50. The highest BCUT2D eigenvalue weighted by Gasteiger charge is 2.40. The van der Waals surface area contributed by atoms with Crippen molar-refractivity contribution in [3.8, 4) is 0 Å². The van der Waals surface area contributed by atoms with Gasteiger partial charge in [-0.3, -0.25) is 4.79 Å². The first-order valence-electron chi connectivity index (χ1n) is 6.06. The van der Waals surface area contributed by atoms with Crippen LogP contribution < -0.4 is 10.6 Å². The van der Waals surface area contributed by atoms with E-state index in [2.05, 4.69) is 10.6 Å². The zero-order valence-electron chi connectivity index (χ0n) is 10.3. The topological polar surface area (TPSA) is 78.4 Å². The number of carbonyl (C=O) groups excluding carboxylic acids is 1. The second-order valence-corrected chi connectivity index (χ2v) is 5.23. The number of urea groups is 1. The molecule has 1 aromatic carbocycles. The predicted octanol–water partition coefficient (Wildman–Crippen LogP) is 2.86. The Bertz CT molecular complexity index is 500. The van der Waals surface area contributed by atoms with E-state index >= 15 is 0 Å². The summed E-state index contributed by atoms with van der Waals surface area (Å²) in [6.07, 6.45) is 2.28. The summed E-state index contributed by atoms with van der Waals surface area (Å²) in [6.45, 7) is 0. The molecule has 1 aliphatic carbocycles. The van der Waals surface area contributed by atoms with E-state index in [0.717, 1.165) is 6.42 Å². The van der Waals surface area contributed by atoms with E-state index in [1.54, 1.807) is 24.3 Å². The van der Waals surface area contributed by atoms with Crippen molar-refractivity contribution in [2.75, 3.05) is 5.32 Å². The summed E-state index contributed by atoms with van der Waals surface area (Å²) in [6, 6.07) is 6.39. The number of hydrogen-bond donors (Lipinski definition) is 3. The van der Waals surface area contributed by atoms with Gasteiger partial charge in [0.15, 0.2) is 0 Å². The smallest absolute Gasteiger partial charge is 0.319 e. The molecule has 0 radical (unpaired) electrons. The number of nitrogens with one attached hydrogen (secondary N) is 2. The van der Waals surface area contributed by atoms with Crippen LogP contribution in [-0.2, 0) is 4.79 Å². The number of carboxylic acid groups (broad SMARTS) is 1. The molecule has 2 rings (SSSR count). The SMILES string of the molecule is O=C(O)CC1(NC(=O)Nc2cccc(Cl)c2)CCC1. The Balaban J connectivity index is 1.95. The van der Waals surface area contributed by atoms with Crippen LogP contribution in [0.2, 0.25) is 5.02 Å². The number of rotatable bonds is 4. The predicted molar refractivity (Wildman–Crippen MR) is 72.4 cm³/mol. The normalized spacial score (nSPS) is 16.3. The van der Waals surface area contributed by atoms with Gasteiger partial charge >= 0.3 is 12.0 Å². The lowest BCUT2D eigenvalue weighted by Crippen LogP contribution is -2.55. The Labute approximate surface area is 116 Å². The third kappa shape index (κ3) is 3.61. The molecule has 1 saturated carbocycles. The van der Waals surface area contributed by atoms with Crippen molar-refractivity contribution in [1.29, 1.82) is 0 Å². The Kier molecular flexibility index (Phi) is 3.95. The number of carbonyl (C=O) groups is 2. The molecule has 0 atom stereocenters. The van der Waals surface area contributed by atoms with Gasteiger partial charge in [0.2, 0.25) is 0 Å². The van der Waals surface area contributed by atoms with Gasteiger partial charge in [-0.15, -0.1) is 0 Å². The zero-order chi connectivity index (χ0) is 13.9. The molecule has 0 spiro atoms. The van der Waals surface area contributed by atoms with Gasteiger partial charge in [-0.1, -0.05) is 17.7 Å². The summed E-state index contributed by atoms with van der Waals surface area (Å²) in [5, 5.41) is 14.8. The highest BCUT2D eigenvalue weighted by molar-refractivity contribution is 6.30. The van der Waals surface area contributed by atoms with Crippen LogP contribution in [0.25, 0.3) is 0 Å². The summed E-state index contributed by atoms with van der Waals surface area (Å²) < 4.78 is 0. The van der Waals surface area contributed by atoms with E-state index in [0.29, 0.717) is 23.6 Å². The lowest BCUT2D eigenvalue weighted by atomic mass is 9.74. The van der Waals surface area contributed by atoms with Gasteiger partial charge in [0.25, 0.3) is 0 Å². The molecule has 0 bridgehead atoms. The van der Waals surface area contributed by atoms with Crippen LogP contribution in [0.5, 0.6) is 0 Å². The molecule has 0 heterocycles. The van der Waals surface area contributed by atoms with E-state index in [1.165, 1.54) is 0 Å². The fourth-order valence-electron chi connectivity index (χ4n) is 2.21. The average molecular weight is 283 g/mol. The second kappa shape index (κ2) is 5.48. The van der Waals surface area contributed by atoms with Gasteiger partial charge in [-0.2, -0.15) is 0 Å². The Hall–Kier alpha value is -1.75. The van der Waals surface area contributed by atoms with Crippen molar-refractivity contribution in [2.45, 2.75) is 31.2 Å². The Morgan fingerprint density at radius 1 is 1.37 bits per heavy atom. The molecule has 0 aliphatic heterocycles. The number of benzene rings is 1. The molecule has 2 amide bonds. The molecule has 1 fully saturated rings. The van der Waals surface area contributed by atoms with E-state index in [4.69, 9.17) is 16.7 Å². The summed E-state index contributed by atoms with van der Waals surface area (Å²) in [5.74, 6) is -0.900. The number of carboxylic acids is 1. The number of halogens is 1. The molecule has 3 N–H and O–H groups in total. The van der Waals surface area contributed by atoms with Crippen molar-refractivity contribution in [2.24, 2.45) is 0 Å². The van der Waals surface area contributed by atoms with Crippen molar-refractivity contribution >= 4 is 29.3 Å². The van der Waals surface area contributed by atoms with Crippen molar-refractivity contribution in [1.82, 2.24) is 5.32 Å². The molecule has 1 aliphatic rings. The fraction of sp³-hybridized carbons (Fsp3) is 0.385. The molecular weight excluding hydrogens is 268 g/mol. The first kappa shape index (κ1) is 13.7. The van der Waals surface area contributed by atoms with Crippen molar-refractivity contribution in [3.05, 3.63) is 29.3 Å². The average Bonchev–Trinajstić information content (AvgIpc) is 2.25. The Morgan fingerprint density at radius 2 is 2.11 bits per heavy atom. The van der Waals surface area contributed by atoms with Gasteiger partial charge < -0.3 is 15.7 Å². The molecule has 102 valence electrons. The van der Waals surface area contributed by atoms with Gasteiger partial charge in [-0.05, 0) is 37.5 Å². The van der Waals surface area contributed by atoms with E-state index in [9.17, 15) is 9.59 Å². The maximum atomic E-state index is 11.9. The third-order valence-electron chi connectivity index (χ3n) is 3.26. The minimum atomic E-state index is -0.900. The molecule has 0 aromatic heterocycles. The van der Waals surface area contributed by atoms with E-state index < -0.39 is 17.5 Å². The number of amides is 2. The first-order chi connectivity index (χ1) is 8.99. The maximum Gasteiger partial charge on any atom is 0.319 e. The van der Waals surface area contributed by atoms with Gasteiger partial charge in [0.1, 0.15) is 0 Å². The monoisotopic (exact) mass is 282 g/mol. The lowest BCUT2D eigenvalue weighted by molar-refractivity contribution is -0.139. The number of hydrogen-bond acceptors (Lipinski definition) is 2. The molecule has 19 heavy (non-hydrogen) atoms. The zero-order valence-corrected chi connectivity index (χ0v) is 11.0. The van der Waals surface area contributed by atoms with E-state index in [-0.39, 0.29) is 6.42 Å². The Morgan fingerprint density at radius 3 is 2.63 bits per heavy atom. The summed E-state index contributed by atoms with van der Waals surface area (Å²) in [5.41, 5.74) is -0.0242. The second-order valence-electron chi connectivity index (χ2n) is 4.79. The minimum absolute atomic E-state index is 0.0457. The largest absolute Gasteiger partial charge is 0.481 e. The summed E-state index contributed by atoms with van der Waals surface area (Å²) in [4.78, 5) is 22.7. The maximum absolute atomic E-state index is 11.9. The molecule has 0 unspecified atom stereocenters. The molecule has 0 saturated heterocycles. The van der Waals surface area contributed by atoms with E-state index in [1.807, 2.05) is 0 Å². The highest BCUT2D eigenvalue weighted by atomic mass is 35.5.